The van der Waals surface area contributed by atoms with E-state index in [4.69, 9.17) is 0 Å². The Morgan fingerprint density at radius 1 is 1.50 bits per heavy atom. The summed E-state index contributed by atoms with van der Waals surface area (Å²) in [6, 6.07) is 1.43. The number of pyridine rings is 1. The Hall–Kier alpha value is -1.96. The Morgan fingerprint density at radius 2 is 2.25 bits per heavy atom. The molecule has 0 radical (unpaired) electrons. The van der Waals surface area contributed by atoms with Gasteiger partial charge in [0, 0.05) is 24.8 Å². The Kier molecular flexibility index (Phi) is 2.35. The number of anilines is 1. The van der Waals surface area contributed by atoms with Gasteiger partial charge >= 0.3 is 0 Å². The first-order valence-corrected chi connectivity index (χ1v) is 5.68. The second kappa shape index (κ2) is 3.56. The van der Waals surface area contributed by atoms with E-state index in [1.165, 1.54) is 12.3 Å². The zero-order valence-electron chi connectivity index (χ0n) is 7.87. The van der Waals surface area contributed by atoms with E-state index in [9.17, 15) is 18.3 Å². The van der Waals surface area contributed by atoms with Crippen LogP contribution in [0.4, 0.5) is 5.69 Å². The predicted molar refractivity (Wildman–Crippen MR) is 52.1 cm³/mol. The highest BCUT2D eigenvalue weighted by atomic mass is 32.2. The van der Waals surface area contributed by atoms with Crippen LogP contribution < -0.4 is 10.4 Å². The lowest BCUT2D eigenvalue weighted by Crippen LogP contribution is -2.31. The number of fused-ring (bicyclic) bond motifs is 1. The molecule has 16 heavy (non-hydrogen) atoms. The van der Waals surface area contributed by atoms with Gasteiger partial charge in [-0.25, -0.2) is 0 Å². The second-order valence-corrected chi connectivity index (χ2v) is 4.63. The molecule has 84 valence electrons. The number of amidine groups is 1. The van der Waals surface area contributed by atoms with Crippen LogP contribution in [0.5, 0.6) is 0 Å². The van der Waals surface area contributed by atoms with E-state index >= 15 is 0 Å². The number of carboxylic acid groups (broad SMARTS) is 1. The van der Waals surface area contributed by atoms with Crippen LogP contribution in [0, 0.1) is 0 Å². The summed E-state index contributed by atoms with van der Waals surface area (Å²) in [5.41, 5.74) is 0.265. The van der Waals surface area contributed by atoms with Crippen molar-refractivity contribution in [1.82, 2.24) is 4.98 Å². The summed E-state index contributed by atoms with van der Waals surface area (Å²) in [6.07, 6.45) is 1.96. The molecule has 0 saturated carbocycles. The number of hydrogen-bond donors (Lipinski definition) is 1. The molecule has 2 rings (SSSR count). The minimum Gasteiger partial charge on any atom is -0.550 e. The highest BCUT2D eigenvalue weighted by Crippen LogP contribution is 2.25. The van der Waals surface area contributed by atoms with Crippen LogP contribution in [0.2, 0.25) is 0 Å². The third-order valence-corrected chi connectivity index (χ3v) is 3.23. The van der Waals surface area contributed by atoms with E-state index in [2.05, 4.69) is 14.7 Å². The van der Waals surface area contributed by atoms with E-state index in [1.807, 2.05) is 0 Å². The van der Waals surface area contributed by atoms with Crippen molar-refractivity contribution in [3.8, 4) is 0 Å². The first-order valence-electron chi connectivity index (χ1n) is 4.24. The molecule has 8 heteroatoms. The van der Waals surface area contributed by atoms with Crippen molar-refractivity contribution in [2.45, 2.75) is 11.3 Å². The first kappa shape index (κ1) is 10.6. The van der Waals surface area contributed by atoms with Gasteiger partial charge in [-0.05, 0) is 6.07 Å². The average Bonchev–Trinajstić information content (AvgIpc) is 2.15. The molecular formula is C8H6N3O4S-. The number of sulfonamides is 1. The number of nitrogens with one attached hydrogen (secondary N) is 1. The quantitative estimate of drug-likeness (QED) is 0.690. The van der Waals surface area contributed by atoms with Gasteiger partial charge in [0.1, 0.15) is 10.7 Å². The van der Waals surface area contributed by atoms with Crippen LogP contribution in [-0.2, 0) is 14.8 Å². The molecule has 0 spiro atoms. The maximum absolute atomic E-state index is 11.6. The van der Waals surface area contributed by atoms with Crippen molar-refractivity contribution in [1.29, 1.82) is 0 Å². The molecule has 1 aromatic heterocycles. The van der Waals surface area contributed by atoms with Crippen molar-refractivity contribution in [3.63, 3.8) is 0 Å². The molecule has 2 heterocycles. The van der Waals surface area contributed by atoms with Crippen LogP contribution in [0.1, 0.15) is 6.42 Å². The van der Waals surface area contributed by atoms with Crippen molar-refractivity contribution in [2.24, 2.45) is 4.40 Å². The molecular weight excluding hydrogens is 234 g/mol. The molecule has 0 saturated heterocycles. The minimum absolute atomic E-state index is 0.0721. The zero-order valence-corrected chi connectivity index (χ0v) is 8.69. The zero-order chi connectivity index (χ0) is 11.8. The van der Waals surface area contributed by atoms with E-state index < -0.39 is 22.4 Å². The van der Waals surface area contributed by atoms with E-state index in [1.54, 1.807) is 0 Å². The van der Waals surface area contributed by atoms with Gasteiger partial charge in [-0.2, -0.15) is 8.42 Å². The molecule has 0 aliphatic carbocycles. The summed E-state index contributed by atoms with van der Waals surface area (Å²) in [5, 5.41) is 12.9. The largest absolute Gasteiger partial charge is 0.550 e. The number of carbonyl (C=O) groups excluding carboxylic acids is 1. The van der Waals surface area contributed by atoms with Crippen LogP contribution >= 0.6 is 0 Å². The molecule has 0 atom stereocenters. The standard InChI is InChI=1S/C8H7N3O4S/c12-8(13)3-7-10-5-1-2-9-4-6(5)16(14,15)11-7/h1-2,4H,3H2,(H,10,11)(H,12,13)/p-1. The van der Waals surface area contributed by atoms with Gasteiger partial charge in [0.25, 0.3) is 10.0 Å². The highest BCUT2D eigenvalue weighted by molar-refractivity contribution is 7.90. The fraction of sp³-hybridized carbons (Fsp3) is 0.125. The molecule has 0 unspecified atom stereocenters. The van der Waals surface area contributed by atoms with Crippen LogP contribution in [-0.4, -0.2) is 25.2 Å². The number of hydrogen-bond acceptors (Lipinski definition) is 6. The topological polar surface area (TPSA) is 112 Å². The Balaban J connectivity index is 2.48. The summed E-state index contributed by atoms with van der Waals surface area (Å²) >= 11 is 0. The fourth-order valence-electron chi connectivity index (χ4n) is 1.27. The molecule has 1 N–H and O–H groups in total. The summed E-state index contributed by atoms with van der Waals surface area (Å²) < 4.78 is 26.5. The lowest BCUT2D eigenvalue weighted by molar-refractivity contribution is -0.303. The van der Waals surface area contributed by atoms with Gasteiger partial charge in [0.05, 0.1) is 5.69 Å². The molecule has 1 aromatic rings. The molecule has 7 nitrogen and oxygen atoms in total. The number of rotatable bonds is 2. The smallest absolute Gasteiger partial charge is 0.287 e. The van der Waals surface area contributed by atoms with Gasteiger partial charge in [-0.15, -0.1) is 4.40 Å². The van der Waals surface area contributed by atoms with Crippen molar-refractivity contribution in [2.75, 3.05) is 5.32 Å². The van der Waals surface area contributed by atoms with Crippen LogP contribution in [0.15, 0.2) is 27.8 Å². The number of carboxylic acids is 1. The first-order chi connectivity index (χ1) is 7.49. The van der Waals surface area contributed by atoms with Crippen molar-refractivity contribution in [3.05, 3.63) is 18.5 Å². The van der Waals surface area contributed by atoms with E-state index in [-0.39, 0.29) is 16.4 Å². The predicted octanol–water partition coefficient (Wildman–Crippen LogP) is -1.27. The monoisotopic (exact) mass is 240 g/mol. The summed E-state index contributed by atoms with van der Waals surface area (Å²) in [6.45, 7) is 0. The summed E-state index contributed by atoms with van der Waals surface area (Å²) in [4.78, 5) is 13.9. The SMILES string of the molecule is O=C([O-])CC1=NS(=O)(=O)c2cnccc2N1. The lowest BCUT2D eigenvalue weighted by Gasteiger charge is -2.17. The maximum atomic E-state index is 11.6. The minimum atomic E-state index is -3.86. The Bertz CT molecular complexity index is 579. The van der Waals surface area contributed by atoms with Crippen molar-refractivity contribution >= 4 is 27.5 Å². The third-order valence-electron chi connectivity index (χ3n) is 1.88. The molecule has 0 fully saturated rings. The number of aromatic nitrogens is 1. The second-order valence-electron chi connectivity index (χ2n) is 3.06. The third kappa shape index (κ3) is 1.87. The summed E-state index contributed by atoms with van der Waals surface area (Å²) in [5.74, 6) is -1.57. The maximum Gasteiger partial charge on any atom is 0.287 e. The molecule has 0 aromatic carbocycles. The van der Waals surface area contributed by atoms with Crippen LogP contribution in [0.3, 0.4) is 0 Å². The lowest BCUT2D eigenvalue weighted by atomic mass is 10.3. The molecule has 1 aliphatic heterocycles. The number of aliphatic carboxylic acids is 1. The number of carbonyl (C=O) groups is 1. The van der Waals surface area contributed by atoms with E-state index in [0.717, 1.165) is 6.20 Å². The van der Waals surface area contributed by atoms with Gasteiger partial charge in [0.2, 0.25) is 0 Å². The fourth-order valence-corrected chi connectivity index (χ4v) is 2.36. The molecule has 0 amide bonds. The average molecular weight is 240 g/mol. The molecule has 1 aliphatic rings. The summed E-state index contributed by atoms with van der Waals surface area (Å²) in [7, 11) is -3.86. The van der Waals surface area contributed by atoms with E-state index in [0.29, 0.717) is 0 Å². The van der Waals surface area contributed by atoms with Crippen LogP contribution in [0.25, 0.3) is 0 Å². The van der Waals surface area contributed by atoms with Gasteiger partial charge < -0.3 is 15.2 Å². The Morgan fingerprint density at radius 3 is 2.94 bits per heavy atom. The Labute approximate surface area is 90.9 Å². The number of nitrogens with zero attached hydrogens (tertiary/aromatic N) is 2. The van der Waals surface area contributed by atoms with Crippen molar-refractivity contribution < 1.29 is 18.3 Å². The normalized spacial score (nSPS) is 16.9. The van der Waals surface area contributed by atoms with Gasteiger partial charge in [0.15, 0.2) is 0 Å². The molecule has 0 bridgehead atoms. The highest BCUT2D eigenvalue weighted by Gasteiger charge is 2.24. The van der Waals surface area contributed by atoms with Gasteiger partial charge in [-0.1, -0.05) is 0 Å². The van der Waals surface area contributed by atoms with Gasteiger partial charge in [-0.3, -0.25) is 4.98 Å².